The SMILES string of the molecule is CCNC(C1=CCCC1)c1ccc(OC)cc1F. The third-order valence-corrected chi connectivity index (χ3v) is 3.37. The van der Waals surface area contributed by atoms with Gasteiger partial charge in [0.05, 0.1) is 13.2 Å². The van der Waals surface area contributed by atoms with Crippen LogP contribution in [0.3, 0.4) is 0 Å². The van der Waals surface area contributed by atoms with Crippen molar-refractivity contribution in [3.05, 3.63) is 41.2 Å². The number of allylic oxidation sites excluding steroid dienone is 1. The Balaban J connectivity index is 2.30. The smallest absolute Gasteiger partial charge is 0.132 e. The van der Waals surface area contributed by atoms with Crippen LogP contribution in [0.25, 0.3) is 0 Å². The molecule has 0 spiro atoms. The number of likely N-dealkylation sites (N-methyl/N-ethyl adjacent to an activating group) is 1. The van der Waals surface area contributed by atoms with E-state index in [1.807, 2.05) is 19.1 Å². The normalized spacial score (nSPS) is 16.5. The molecule has 1 aromatic carbocycles. The average Bonchev–Trinajstić information content (AvgIpc) is 2.90. The van der Waals surface area contributed by atoms with Crippen molar-refractivity contribution in [1.29, 1.82) is 0 Å². The Morgan fingerprint density at radius 3 is 2.83 bits per heavy atom. The van der Waals surface area contributed by atoms with Gasteiger partial charge in [-0.05, 0) is 31.9 Å². The monoisotopic (exact) mass is 249 g/mol. The fourth-order valence-electron chi connectivity index (χ4n) is 2.47. The highest BCUT2D eigenvalue weighted by Crippen LogP contribution is 2.32. The predicted molar refractivity (Wildman–Crippen MR) is 71.3 cm³/mol. The topological polar surface area (TPSA) is 21.3 Å². The third-order valence-electron chi connectivity index (χ3n) is 3.37. The molecule has 0 saturated carbocycles. The van der Waals surface area contributed by atoms with Gasteiger partial charge in [-0.2, -0.15) is 0 Å². The molecule has 0 aromatic heterocycles. The average molecular weight is 249 g/mol. The van der Waals surface area contributed by atoms with E-state index in [9.17, 15) is 4.39 Å². The lowest BCUT2D eigenvalue weighted by Gasteiger charge is -2.21. The molecule has 98 valence electrons. The first-order chi connectivity index (χ1) is 8.76. The Hall–Kier alpha value is -1.35. The van der Waals surface area contributed by atoms with Crippen LogP contribution in [0.5, 0.6) is 5.75 Å². The number of ether oxygens (including phenoxy) is 1. The van der Waals surface area contributed by atoms with E-state index in [0.29, 0.717) is 11.3 Å². The maximum atomic E-state index is 14.1. The molecule has 1 unspecified atom stereocenters. The van der Waals surface area contributed by atoms with E-state index in [1.165, 1.54) is 18.1 Å². The Bertz CT molecular complexity index is 442. The minimum Gasteiger partial charge on any atom is -0.497 e. The highest BCUT2D eigenvalue weighted by Gasteiger charge is 2.21. The maximum absolute atomic E-state index is 14.1. The quantitative estimate of drug-likeness (QED) is 0.805. The van der Waals surface area contributed by atoms with Crippen LogP contribution in [0, 0.1) is 5.82 Å². The van der Waals surface area contributed by atoms with Gasteiger partial charge < -0.3 is 10.1 Å². The van der Waals surface area contributed by atoms with Gasteiger partial charge in [-0.25, -0.2) is 4.39 Å². The zero-order valence-corrected chi connectivity index (χ0v) is 11.0. The van der Waals surface area contributed by atoms with Crippen molar-refractivity contribution in [2.24, 2.45) is 0 Å². The van der Waals surface area contributed by atoms with Gasteiger partial charge in [-0.15, -0.1) is 0 Å². The summed E-state index contributed by atoms with van der Waals surface area (Å²) in [5, 5.41) is 3.37. The highest BCUT2D eigenvalue weighted by molar-refractivity contribution is 5.35. The molecule has 0 saturated heterocycles. The summed E-state index contributed by atoms with van der Waals surface area (Å²) in [6, 6.07) is 5.09. The summed E-state index contributed by atoms with van der Waals surface area (Å²) in [6.07, 6.45) is 5.57. The second-order valence-corrected chi connectivity index (χ2v) is 4.55. The van der Waals surface area contributed by atoms with Crippen molar-refractivity contribution in [3.63, 3.8) is 0 Å². The van der Waals surface area contributed by atoms with Crippen molar-refractivity contribution in [1.82, 2.24) is 5.32 Å². The molecule has 1 atom stereocenters. The Labute approximate surface area is 108 Å². The van der Waals surface area contributed by atoms with Gasteiger partial charge in [0.25, 0.3) is 0 Å². The lowest BCUT2D eigenvalue weighted by atomic mass is 9.97. The van der Waals surface area contributed by atoms with Crippen LogP contribution in [0.15, 0.2) is 29.8 Å². The molecule has 0 radical (unpaired) electrons. The van der Waals surface area contributed by atoms with Gasteiger partial charge in [0.15, 0.2) is 0 Å². The number of rotatable bonds is 5. The first-order valence-corrected chi connectivity index (χ1v) is 6.52. The molecule has 18 heavy (non-hydrogen) atoms. The van der Waals surface area contributed by atoms with E-state index < -0.39 is 0 Å². The summed E-state index contributed by atoms with van der Waals surface area (Å²) >= 11 is 0. The van der Waals surface area contributed by atoms with Gasteiger partial charge in [0, 0.05) is 11.6 Å². The van der Waals surface area contributed by atoms with E-state index in [0.717, 1.165) is 19.4 Å². The molecule has 0 heterocycles. The Morgan fingerprint density at radius 1 is 1.44 bits per heavy atom. The van der Waals surface area contributed by atoms with Crippen molar-refractivity contribution < 1.29 is 9.13 Å². The van der Waals surface area contributed by atoms with Crippen molar-refractivity contribution in [3.8, 4) is 5.75 Å². The summed E-state index contributed by atoms with van der Waals surface area (Å²) in [4.78, 5) is 0. The molecule has 2 nitrogen and oxygen atoms in total. The largest absolute Gasteiger partial charge is 0.497 e. The molecule has 1 N–H and O–H groups in total. The Kier molecular flexibility index (Phi) is 4.37. The van der Waals surface area contributed by atoms with Crippen LogP contribution in [-0.4, -0.2) is 13.7 Å². The summed E-state index contributed by atoms with van der Waals surface area (Å²) in [7, 11) is 1.55. The molecule has 2 rings (SSSR count). The number of hydrogen-bond donors (Lipinski definition) is 1. The van der Waals surface area contributed by atoms with Crippen LogP contribution >= 0.6 is 0 Å². The van der Waals surface area contributed by atoms with Crippen LogP contribution in [0.1, 0.15) is 37.8 Å². The van der Waals surface area contributed by atoms with Gasteiger partial charge in [-0.1, -0.05) is 24.6 Å². The standard InChI is InChI=1S/C15H20FNO/c1-3-17-15(11-6-4-5-7-11)13-9-8-12(18-2)10-14(13)16/h6,8-10,15,17H,3-5,7H2,1-2H3. The summed E-state index contributed by atoms with van der Waals surface area (Å²) in [5.74, 6) is 0.361. The molecule has 0 fully saturated rings. The second kappa shape index (κ2) is 6.01. The van der Waals surface area contributed by atoms with E-state index in [1.54, 1.807) is 7.11 Å². The second-order valence-electron chi connectivity index (χ2n) is 4.55. The fraction of sp³-hybridized carbons (Fsp3) is 0.467. The number of benzene rings is 1. The van der Waals surface area contributed by atoms with E-state index in [-0.39, 0.29) is 11.9 Å². The lowest BCUT2D eigenvalue weighted by molar-refractivity contribution is 0.410. The number of hydrogen-bond acceptors (Lipinski definition) is 2. The molecule has 0 bridgehead atoms. The van der Waals surface area contributed by atoms with Crippen molar-refractivity contribution in [2.75, 3.05) is 13.7 Å². The number of methoxy groups -OCH3 is 1. The third kappa shape index (κ3) is 2.72. The van der Waals surface area contributed by atoms with Crippen molar-refractivity contribution >= 4 is 0 Å². The van der Waals surface area contributed by atoms with E-state index >= 15 is 0 Å². The predicted octanol–water partition coefficient (Wildman–Crippen LogP) is 3.60. The fourth-order valence-corrected chi connectivity index (χ4v) is 2.47. The molecule has 1 aliphatic carbocycles. The lowest BCUT2D eigenvalue weighted by Crippen LogP contribution is -2.23. The van der Waals surface area contributed by atoms with Gasteiger partial charge in [0.1, 0.15) is 11.6 Å². The molecule has 3 heteroatoms. The van der Waals surface area contributed by atoms with Gasteiger partial charge in [-0.3, -0.25) is 0 Å². The molecule has 1 aliphatic rings. The first-order valence-electron chi connectivity index (χ1n) is 6.52. The number of nitrogens with one attached hydrogen (secondary N) is 1. The van der Waals surface area contributed by atoms with E-state index in [2.05, 4.69) is 11.4 Å². The molecule has 0 aliphatic heterocycles. The minimum atomic E-state index is -0.201. The number of halogens is 1. The van der Waals surface area contributed by atoms with Crippen LogP contribution in [-0.2, 0) is 0 Å². The summed E-state index contributed by atoms with van der Waals surface area (Å²) in [6.45, 7) is 2.87. The summed E-state index contributed by atoms with van der Waals surface area (Å²) < 4.78 is 19.2. The molecular formula is C15H20FNO. The van der Waals surface area contributed by atoms with Crippen molar-refractivity contribution in [2.45, 2.75) is 32.2 Å². The molecule has 1 aromatic rings. The van der Waals surface area contributed by atoms with Crippen LogP contribution in [0.2, 0.25) is 0 Å². The summed E-state index contributed by atoms with van der Waals surface area (Å²) in [5.41, 5.74) is 2.02. The maximum Gasteiger partial charge on any atom is 0.132 e. The minimum absolute atomic E-state index is 0.00315. The van der Waals surface area contributed by atoms with Crippen LogP contribution in [0.4, 0.5) is 4.39 Å². The van der Waals surface area contributed by atoms with E-state index in [4.69, 9.17) is 4.74 Å². The zero-order valence-electron chi connectivity index (χ0n) is 11.0. The molecule has 0 amide bonds. The van der Waals surface area contributed by atoms with Crippen LogP contribution < -0.4 is 10.1 Å². The zero-order chi connectivity index (χ0) is 13.0. The van der Waals surface area contributed by atoms with Gasteiger partial charge in [0.2, 0.25) is 0 Å². The highest BCUT2D eigenvalue weighted by atomic mass is 19.1. The Morgan fingerprint density at radius 2 is 2.28 bits per heavy atom. The first kappa shape index (κ1) is 13.1. The van der Waals surface area contributed by atoms with Gasteiger partial charge >= 0.3 is 0 Å². The molecular weight excluding hydrogens is 229 g/mol.